The number of carboxylic acid groups (broad SMARTS) is 1. The number of nitrogens with zero attached hydrogens (tertiary/aromatic N) is 3. The molecular formula is C32H31FN3O4-. The summed E-state index contributed by atoms with van der Waals surface area (Å²) >= 11 is 0. The number of halogens is 1. The molecule has 0 saturated carbocycles. The van der Waals surface area contributed by atoms with Crippen molar-refractivity contribution in [2.24, 2.45) is 7.05 Å². The Kier molecular flexibility index (Phi) is 7.02. The smallest absolute Gasteiger partial charge is 0.131 e. The van der Waals surface area contributed by atoms with Crippen molar-refractivity contribution >= 4 is 27.6 Å². The maximum atomic E-state index is 14.2. The van der Waals surface area contributed by atoms with Crippen LogP contribution in [0.1, 0.15) is 46.7 Å². The molecule has 40 heavy (non-hydrogen) atoms. The van der Waals surface area contributed by atoms with Crippen molar-refractivity contribution in [2.45, 2.75) is 45.8 Å². The molecule has 0 saturated heterocycles. The number of aromatic nitrogens is 3. The summed E-state index contributed by atoms with van der Waals surface area (Å²) in [6.45, 7) is 3.92. The molecule has 1 aliphatic rings. The van der Waals surface area contributed by atoms with E-state index >= 15 is 0 Å². The summed E-state index contributed by atoms with van der Waals surface area (Å²) in [7, 11) is 1.91. The lowest BCUT2D eigenvalue weighted by Gasteiger charge is -2.14. The van der Waals surface area contributed by atoms with Crippen molar-refractivity contribution in [2.75, 3.05) is 13.2 Å². The highest BCUT2D eigenvalue weighted by molar-refractivity contribution is 6.04. The first-order chi connectivity index (χ1) is 19.5. The van der Waals surface area contributed by atoms with Gasteiger partial charge in [0.25, 0.3) is 0 Å². The fourth-order valence-electron chi connectivity index (χ4n) is 6.05. The van der Waals surface area contributed by atoms with Gasteiger partial charge in [-0.15, -0.1) is 0 Å². The van der Waals surface area contributed by atoms with Gasteiger partial charge in [-0.3, -0.25) is 4.68 Å². The Morgan fingerprint density at radius 3 is 2.70 bits per heavy atom. The number of hydrogen-bond acceptors (Lipinski definition) is 5. The van der Waals surface area contributed by atoms with Gasteiger partial charge in [0.2, 0.25) is 0 Å². The largest absolute Gasteiger partial charge is 0.543 e. The first kappa shape index (κ1) is 26.1. The summed E-state index contributed by atoms with van der Waals surface area (Å²) in [6.07, 6.45) is 2.68. The van der Waals surface area contributed by atoms with Crippen LogP contribution in [0.4, 0.5) is 4.39 Å². The van der Waals surface area contributed by atoms with Crippen LogP contribution in [0.5, 0.6) is 5.75 Å². The van der Waals surface area contributed by atoms with Crippen LogP contribution in [0.2, 0.25) is 0 Å². The average molecular weight is 541 g/mol. The van der Waals surface area contributed by atoms with E-state index in [0.717, 1.165) is 51.8 Å². The summed E-state index contributed by atoms with van der Waals surface area (Å²) in [6, 6.07) is 16.3. The summed E-state index contributed by atoms with van der Waals surface area (Å²) < 4.78 is 30.0. The molecule has 1 aliphatic heterocycles. The Labute approximate surface area is 231 Å². The highest BCUT2D eigenvalue weighted by atomic mass is 19.1. The molecule has 206 valence electrons. The number of ether oxygens (including phenoxy) is 2. The molecule has 0 aliphatic carbocycles. The van der Waals surface area contributed by atoms with Crippen LogP contribution >= 0.6 is 0 Å². The molecule has 0 fully saturated rings. The Balaban J connectivity index is 1.39. The zero-order valence-electron chi connectivity index (χ0n) is 22.7. The molecule has 2 aromatic heterocycles. The second kappa shape index (κ2) is 10.8. The van der Waals surface area contributed by atoms with E-state index in [1.54, 1.807) is 18.2 Å². The quantitative estimate of drug-likeness (QED) is 0.272. The molecule has 5 aromatic rings. The van der Waals surface area contributed by atoms with Crippen molar-refractivity contribution in [3.05, 3.63) is 83.1 Å². The van der Waals surface area contributed by atoms with E-state index in [0.29, 0.717) is 55.7 Å². The van der Waals surface area contributed by atoms with Crippen LogP contribution in [-0.4, -0.2) is 33.5 Å². The van der Waals surface area contributed by atoms with E-state index in [9.17, 15) is 14.3 Å². The molecule has 8 heteroatoms. The Morgan fingerprint density at radius 2 is 1.88 bits per heavy atom. The average Bonchev–Trinajstić information content (AvgIpc) is 3.40. The molecule has 0 spiro atoms. The molecule has 0 unspecified atom stereocenters. The van der Waals surface area contributed by atoms with Gasteiger partial charge in [0.1, 0.15) is 11.6 Å². The number of aryl methyl sites for hydroxylation is 4. The minimum absolute atomic E-state index is 0.220. The molecule has 0 N–H and O–H groups in total. The molecule has 0 bridgehead atoms. The molecule has 0 atom stereocenters. The SMILES string of the molecule is Cc1nn(C)c2c1-c1cccc3c(CCCOc4ccc(F)c5ccccc45)c(C(=O)[O-])n(c13)CCCCOC2. The lowest BCUT2D eigenvalue weighted by Crippen LogP contribution is -2.27. The monoisotopic (exact) mass is 540 g/mol. The van der Waals surface area contributed by atoms with Gasteiger partial charge in [-0.2, -0.15) is 5.10 Å². The number of carbonyl (C=O) groups is 1. The number of rotatable bonds is 6. The number of carbonyl (C=O) groups excluding carboxylic acids is 1. The molecule has 3 aromatic carbocycles. The first-order valence-electron chi connectivity index (χ1n) is 13.7. The number of carboxylic acids is 1. The number of fused-ring (bicyclic) bond motifs is 3. The van der Waals surface area contributed by atoms with Gasteiger partial charge in [0, 0.05) is 47.5 Å². The van der Waals surface area contributed by atoms with Crippen molar-refractivity contribution in [3.63, 3.8) is 0 Å². The van der Waals surface area contributed by atoms with Crippen LogP contribution in [0.25, 0.3) is 32.8 Å². The predicted molar refractivity (Wildman–Crippen MR) is 150 cm³/mol. The summed E-state index contributed by atoms with van der Waals surface area (Å²) in [4.78, 5) is 12.6. The molecule has 7 nitrogen and oxygen atoms in total. The zero-order chi connectivity index (χ0) is 27.8. The standard InChI is InChI=1S/C32H32FN3O4/c1-20-29-25-12-7-11-23-24(13-8-18-40-28-15-14-26(33)21-9-3-4-10-22(21)28)31(32(37)38)36(30(23)25)16-5-6-17-39-19-27(29)35(2)34-20/h3-4,7,9-12,14-15H,5-6,8,13,16-19H2,1-2H3,(H,37,38)/p-1. The highest BCUT2D eigenvalue weighted by Gasteiger charge is 2.24. The van der Waals surface area contributed by atoms with Crippen LogP contribution in [-0.2, 0) is 31.4 Å². The molecule has 0 amide bonds. The van der Waals surface area contributed by atoms with Crippen molar-refractivity contribution in [1.82, 2.24) is 14.3 Å². The normalized spacial score (nSPS) is 13.8. The van der Waals surface area contributed by atoms with E-state index < -0.39 is 5.97 Å². The van der Waals surface area contributed by atoms with Gasteiger partial charge < -0.3 is 23.9 Å². The molecular weight excluding hydrogens is 509 g/mol. The van der Waals surface area contributed by atoms with Crippen molar-refractivity contribution in [3.8, 4) is 16.9 Å². The number of benzene rings is 3. The van der Waals surface area contributed by atoms with Crippen LogP contribution in [0, 0.1) is 12.7 Å². The summed E-state index contributed by atoms with van der Waals surface area (Å²) in [5, 5.41) is 19.4. The number of hydrogen-bond donors (Lipinski definition) is 0. The Bertz CT molecular complexity index is 1740. The van der Waals surface area contributed by atoms with Gasteiger partial charge in [-0.25, -0.2) is 4.39 Å². The van der Waals surface area contributed by atoms with Gasteiger partial charge in [-0.1, -0.05) is 42.5 Å². The lowest BCUT2D eigenvalue weighted by atomic mass is 9.98. The molecule has 3 heterocycles. The molecule has 6 rings (SSSR count). The lowest BCUT2D eigenvalue weighted by molar-refractivity contribution is -0.255. The Hall–Kier alpha value is -4.17. The van der Waals surface area contributed by atoms with Crippen molar-refractivity contribution < 1.29 is 23.8 Å². The third-order valence-corrected chi connectivity index (χ3v) is 7.81. The number of aromatic carboxylic acids is 1. The van der Waals surface area contributed by atoms with E-state index in [1.165, 1.54) is 6.07 Å². The van der Waals surface area contributed by atoms with E-state index in [-0.39, 0.29) is 11.5 Å². The Morgan fingerprint density at radius 1 is 1.07 bits per heavy atom. The van der Waals surface area contributed by atoms with Gasteiger partial charge in [-0.05, 0) is 50.3 Å². The fourth-order valence-corrected chi connectivity index (χ4v) is 6.05. The van der Waals surface area contributed by atoms with Gasteiger partial charge in [0.15, 0.2) is 0 Å². The van der Waals surface area contributed by atoms with Gasteiger partial charge in [0.05, 0.1) is 41.8 Å². The summed E-state index contributed by atoms with van der Waals surface area (Å²) in [5.74, 6) is -0.863. The van der Waals surface area contributed by atoms with E-state index in [1.807, 2.05) is 53.6 Å². The molecule has 0 radical (unpaired) electrons. The number of para-hydroxylation sites is 1. The van der Waals surface area contributed by atoms with Crippen LogP contribution in [0.3, 0.4) is 0 Å². The topological polar surface area (TPSA) is 81.3 Å². The maximum Gasteiger partial charge on any atom is 0.131 e. The maximum absolute atomic E-state index is 14.2. The second-order valence-electron chi connectivity index (χ2n) is 10.3. The van der Waals surface area contributed by atoms with E-state index in [4.69, 9.17) is 9.47 Å². The zero-order valence-corrected chi connectivity index (χ0v) is 22.7. The first-order valence-corrected chi connectivity index (χ1v) is 13.7. The van der Waals surface area contributed by atoms with Crippen LogP contribution in [0.15, 0.2) is 54.6 Å². The van der Waals surface area contributed by atoms with Crippen LogP contribution < -0.4 is 9.84 Å². The third kappa shape index (κ3) is 4.52. The van der Waals surface area contributed by atoms with Crippen molar-refractivity contribution in [1.29, 1.82) is 0 Å². The minimum Gasteiger partial charge on any atom is -0.543 e. The fraction of sp³-hybridized carbons (Fsp3) is 0.312. The minimum atomic E-state index is -1.18. The highest BCUT2D eigenvalue weighted by Crippen LogP contribution is 2.38. The van der Waals surface area contributed by atoms with E-state index in [2.05, 4.69) is 5.10 Å². The predicted octanol–water partition coefficient (Wildman–Crippen LogP) is 5.33. The third-order valence-electron chi connectivity index (χ3n) is 7.81. The summed E-state index contributed by atoms with van der Waals surface area (Å²) in [5.41, 5.74) is 5.64. The van der Waals surface area contributed by atoms with Gasteiger partial charge >= 0.3 is 0 Å². The second-order valence-corrected chi connectivity index (χ2v) is 10.3.